The monoisotopic (exact) mass is 262 g/mol. The van der Waals surface area contributed by atoms with Crippen LogP contribution in [-0.4, -0.2) is 36.1 Å². The van der Waals surface area contributed by atoms with E-state index >= 15 is 0 Å². The lowest BCUT2D eigenvalue weighted by Gasteiger charge is -2.15. The van der Waals surface area contributed by atoms with Crippen molar-refractivity contribution in [3.05, 3.63) is 29.8 Å². The SMILES string of the molecule is CN(C)Cc1cccc(NC(=O)C2CCCC2O)c1. The highest BCUT2D eigenvalue weighted by molar-refractivity contribution is 5.93. The summed E-state index contributed by atoms with van der Waals surface area (Å²) in [6.45, 7) is 0.843. The number of benzene rings is 1. The Morgan fingerprint density at radius 1 is 1.42 bits per heavy atom. The Hall–Kier alpha value is -1.39. The first-order valence-electron chi connectivity index (χ1n) is 6.79. The van der Waals surface area contributed by atoms with E-state index in [0.717, 1.165) is 37.1 Å². The number of hydrogen-bond donors (Lipinski definition) is 2. The number of anilines is 1. The minimum Gasteiger partial charge on any atom is -0.392 e. The normalized spacial score (nSPS) is 22.7. The molecule has 1 aromatic rings. The predicted octanol–water partition coefficient (Wildman–Crippen LogP) is 1.85. The van der Waals surface area contributed by atoms with Gasteiger partial charge < -0.3 is 15.3 Å². The van der Waals surface area contributed by atoms with Crippen molar-refractivity contribution in [3.63, 3.8) is 0 Å². The minimum absolute atomic E-state index is 0.0630. The maximum atomic E-state index is 12.1. The first-order valence-corrected chi connectivity index (χ1v) is 6.79. The second-order valence-electron chi connectivity index (χ2n) is 5.53. The first-order chi connectivity index (χ1) is 9.06. The van der Waals surface area contributed by atoms with Crippen LogP contribution < -0.4 is 5.32 Å². The van der Waals surface area contributed by atoms with Gasteiger partial charge in [-0.2, -0.15) is 0 Å². The Morgan fingerprint density at radius 3 is 2.84 bits per heavy atom. The van der Waals surface area contributed by atoms with Gasteiger partial charge in [0.1, 0.15) is 0 Å². The van der Waals surface area contributed by atoms with E-state index in [9.17, 15) is 9.90 Å². The number of aliphatic hydroxyl groups excluding tert-OH is 1. The largest absolute Gasteiger partial charge is 0.392 e. The third-order valence-electron chi connectivity index (χ3n) is 3.51. The van der Waals surface area contributed by atoms with Crippen molar-refractivity contribution in [2.75, 3.05) is 19.4 Å². The number of carbonyl (C=O) groups is 1. The molecule has 0 radical (unpaired) electrons. The van der Waals surface area contributed by atoms with Gasteiger partial charge in [-0.3, -0.25) is 4.79 Å². The standard InChI is InChI=1S/C15H22N2O2/c1-17(2)10-11-5-3-6-12(9-11)16-15(19)13-7-4-8-14(13)18/h3,5-6,9,13-14,18H,4,7-8,10H2,1-2H3,(H,16,19). The predicted molar refractivity (Wildman–Crippen MR) is 75.8 cm³/mol. The van der Waals surface area contributed by atoms with Crippen molar-refractivity contribution >= 4 is 11.6 Å². The molecule has 2 unspecified atom stereocenters. The summed E-state index contributed by atoms with van der Waals surface area (Å²) in [6, 6.07) is 7.86. The lowest BCUT2D eigenvalue weighted by molar-refractivity contribution is -0.122. The van der Waals surface area contributed by atoms with Crippen molar-refractivity contribution in [3.8, 4) is 0 Å². The Bertz CT molecular complexity index is 446. The lowest BCUT2D eigenvalue weighted by atomic mass is 10.0. The third-order valence-corrected chi connectivity index (χ3v) is 3.51. The summed E-state index contributed by atoms with van der Waals surface area (Å²) >= 11 is 0. The van der Waals surface area contributed by atoms with Crippen LogP contribution in [-0.2, 0) is 11.3 Å². The van der Waals surface area contributed by atoms with Gasteiger partial charge in [0.2, 0.25) is 5.91 Å². The van der Waals surface area contributed by atoms with Crippen molar-refractivity contribution < 1.29 is 9.90 Å². The first kappa shape index (κ1) is 14.0. The highest BCUT2D eigenvalue weighted by Crippen LogP contribution is 2.26. The third kappa shape index (κ3) is 3.78. The number of rotatable bonds is 4. The number of aliphatic hydroxyl groups is 1. The van der Waals surface area contributed by atoms with Crippen LogP contribution in [0.4, 0.5) is 5.69 Å². The molecule has 4 heteroatoms. The molecule has 0 aliphatic heterocycles. The smallest absolute Gasteiger partial charge is 0.230 e. The van der Waals surface area contributed by atoms with Gasteiger partial charge in [-0.15, -0.1) is 0 Å². The molecule has 1 amide bonds. The van der Waals surface area contributed by atoms with Crippen molar-refractivity contribution in [2.24, 2.45) is 5.92 Å². The second kappa shape index (κ2) is 6.17. The van der Waals surface area contributed by atoms with E-state index < -0.39 is 6.10 Å². The summed E-state index contributed by atoms with van der Waals surface area (Å²) in [5.74, 6) is -0.315. The van der Waals surface area contributed by atoms with E-state index in [1.54, 1.807) is 0 Å². The zero-order valence-corrected chi connectivity index (χ0v) is 11.6. The van der Waals surface area contributed by atoms with Crippen molar-refractivity contribution in [1.82, 2.24) is 4.90 Å². The molecular weight excluding hydrogens is 240 g/mol. The molecule has 2 N–H and O–H groups in total. The van der Waals surface area contributed by atoms with Gasteiger partial charge in [-0.05, 0) is 51.1 Å². The molecule has 4 nitrogen and oxygen atoms in total. The second-order valence-corrected chi connectivity index (χ2v) is 5.53. The van der Waals surface area contributed by atoms with Crippen molar-refractivity contribution in [2.45, 2.75) is 31.9 Å². The minimum atomic E-state index is -0.482. The lowest BCUT2D eigenvalue weighted by Crippen LogP contribution is -2.28. The maximum Gasteiger partial charge on any atom is 0.230 e. The quantitative estimate of drug-likeness (QED) is 0.870. The topological polar surface area (TPSA) is 52.6 Å². The number of hydrogen-bond acceptors (Lipinski definition) is 3. The summed E-state index contributed by atoms with van der Waals surface area (Å²) in [4.78, 5) is 14.2. The molecule has 0 bridgehead atoms. The van der Waals surface area contributed by atoms with Gasteiger partial charge in [0.15, 0.2) is 0 Å². The number of nitrogens with zero attached hydrogens (tertiary/aromatic N) is 1. The van der Waals surface area contributed by atoms with Crippen LogP contribution >= 0.6 is 0 Å². The Balaban J connectivity index is 2.00. The summed E-state index contributed by atoms with van der Waals surface area (Å²) in [5.41, 5.74) is 1.97. The van der Waals surface area contributed by atoms with E-state index in [4.69, 9.17) is 0 Å². The molecule has 0 aromatic heterocycles. The van der Waals surface area contributed by atoms with Crippen LogP contribution in [0.3, 0.4) is 0 Å². The van der Waals surface area contributed by atoms with E-state index in [2.05, 4.69) is 10.2 Å². The van der Waals surface area contributed by atoms with E-state index in [-0.39, 0.29) is 11.8 Å². The zero-order valence-electron chi connectivity index (χ0n) is 11.6. The zero-order chi connectivity index (χ0) is 13.8. The van der Waals surface area contributed by atoms with Gasteiger partial charge in [-0.1, -0.05) is 12.1 Å². The van der Waals surface area contributed by atoms with Gasteiger partial charge in [0, 0.05) is 12.2 Å². The van der Waals surface area contributed by atoms with E-state index in [0.29, 0.717) is 0 Å². The fourth-order valence-electron chi connectivity index (χ4n) is 2.59. The van der Waals surface area contributed by atoms with Crippen LogP contribution in [0, 0.1) is 5.92 Å². The highest BCUT2D eigenvalue weighted by Gasteiger charge is 2.31. The molecule has 1 aliphatic rings. The summed E-state index contributed by atoms with van der Waals surface area (Å²) in [6.07, 6.45) is 1.97. The van der Waals surface area contributed by atoms with Gasteiger partial charge in [0.05, 0.1) is 12.0 Å². The Kier molecular flexibility index (Phi) is 4.56. The molecule has 1 saturated carbocycles. The summed E-state index contributed by atoms with van der Waals surface area (Å²) in [7, 11) is 4.03. The Morgan fingerprint density at radius 2 is 2.21 bits per heavy atom. The average molecular weight is 262 g/mol. The molecule has 1 aromatic carbocycles. The average Bonchev–Trinajstić information content (AvgIpc) is 2.75. The van der Waals surface area contributed by atoms with Crippen molar-refractivity contribution in [1.29, 1.82) is 0 Å². The maximum absolute atomic E-state index is 12.1. The van der Waals surface area contributed by atoms with Crippen LogP contribution in [0.5, 0.6) is 0 Å². The fraction of sp³-hybridized carbons (Fsp3) is 0.533. The molecule has 0 saturated heterocycles. The van der Waals surface area contributed by atoms with Gasteiger partial charge >= 0.3 is 0 Å². The highest BCUT2D eigenvalue weighted by atomic mass is 16.3. The number of nitrogens with one attached hydrogen (secondary N) is 1. The molecular formula is C15H22N2O2. The molecule has 104 valence electrons. The number of amides is 1. The van der Waals surface area contributed by atoms with E-state index in [1.807, 2.05) is 38.4 Å². The molecule has 0 heterocycles. The van der Waals surface area contributed by atoms with Crippen LogP contribution in [0.2, 0.25) is 0 Å². The molecule has 1 aliphatic carbocycles. The Labute approximate surface area is 114 Å². The molecule has 2 rings (SSSR count). The van der Waals surface area contributed by atoms with Crippen LogP contribution in [0.1, 0.15) is 24.8 Å². The molecule has 19 heavy (non-hydrogen) atoms. The molecule has 2 atom stereocenters. The van der Waals surface area contributed by atoms with Crippen LogP contribution in [0.15, 0.2) is 24.3 Å². The van der Waals surface area contributed by atoms with Crippen LogP contribution in [0.25, 0.3) is 0 Å². The summed E-state index contributed by atoms with van der Waals surface area (Å²) in [5, 5.41) is 12.7. The molecule has 0 spiro atoms. The van der Waals surface area contributed by atoms with E-state index in [1.165, 1.54) is 0 Å². The van der Waals surface area contributed by atoms with Gasteiger partial charge in [-0.25, -0.2) is 0 Å². The van der Waals surface area contributed by atoms with Gasteiger partial charge in [0.25, 0.3) is 0 Å². The number of carbonyl (C=O) groups excluding carboxylic acids is 1. The summed E-state index contributed by atoms with van der Waals surface area (Å²) < 4.78 is 0. The molecule has 1 fully saturated rings. The fourth-order valence-corrected chi connectivity index (χ4v) is 2.59.